The van der Waals surface area contributed by atoms with Gasteiger partial charge < -0.3 is 8.92 Å². The minimum absolute atomic E-state index is 0.232. The summed E-state index contributed by atoms with van der Waals surface area (Å²) in [6, 6.07) is 0.606. The number of piperidine rings is 1. The number of nitrogens with zero attached hydrogens (tertiary/aromatic N) is 1. The maximum Gasteiger partial charge on any atom is 0.137 e. The molecule has 3 nitrogen and oxygen atoms in total. The average Bonchev–Trinajstić information content (AvgIpc) is 2.38. The third-order valence-corrected chi connectivity index (χ3v) is 4.19. The van der Waals surface area contributed by atoms with Gasteiger partial charge in [-0.3, -0.25) is 4.90 Å². The van der Waals surface area contributed by atoms with Crippen LogP contribution in [0.1, 0.15) is 25.7 Å². The van der Waals surface area contributed by atoms with Gasteiger partial charge in [0.1, 0.15) is 5.67 Å². The van der Waals surface area contributed by atoms with Gasteiger partial charge >= 0.3 is 0 Å². The summed E-state index contributed by atoms with van der Waals surface area (Å²) in [6.07, 6.45) is 5.23. The first-order valence-electron chi connectivity index (χ1n) is 6.40. The van der Waals surface area contributed by atoms with Crippen molar-refractivity contribution in [1.82, 2.24) is 4.90 Å². The lowest BCUT2D eigenvalue weighted by molar-refractivity contribution is -0.0187. The highest BCUT2D eigenvalue weighted by molar-refractivity contribution is 7.93. The van der Waals surface area contributed by atoms with E-state index in [1.165, 1.54) is 12.0 Å². The zero-order valence-electron chi connectivity index (χ0n) is 10.5. The summed E-state index contributed by atoms with van der Waals surface area (Å²) < 4.78 is 24.8. The summed E-state index contributed by atoms with van der Waals surface area (Å²) in [6.45, 7) is 3.67. The van der Waals surface area contributed by atoms with Gasteiger partial charge in [-0.2, -0.15) is 0 Å². The molecular weight excluding hydrogens is 241 g/mol. The SMILES string of the molecule is CSOCC1(F)CCN(C2CCOCC2)CC1. The van der Waals surface area contributed by atoms with Crippen LogP contribution in [0.5, 0.6) is 0 Å². The maximum atomic E-state index is 14.3. The maximum absolute atomic E-state index is 14.3. The highest BCUT2D eigenvalue weighted by atomic mass is 32.2. The molecule has 0 unspecified atom stereocenters. The molecule has 17 heavy (non-hydrogen) atoms. The monoisotopic (exact) mass is 263 g/mol. The Morgan fingerprint density at radius 3 is 2.59 bits per heavy atom. The molecule has 2 fully saturated rings. The van der Waals surface area contributed by atoms with E-state index < -0.39 is 5.67 Å². The molecule has 0 amide bonds. The molecule has 5 heteroatoms. The lowest BCUT2D eigenvalue weighted by Gasteiger charge is -2.41. The van der Waals surface area contributed by atoms with Crippen LogP contribution >= 0.6 is 12.0 Å². The van der Waals surface area contributed by atoms with Crippen molar-refractivity contribution in [2.45, 2.75) is 37.4 Å². The summed E-state index contributed by atoms with van der Waals surface area (Å²) in [7, 11) is 0. The Morgan fingerprint density at radius 1 is 1.35 bits per heavy atom. The molecule has 100 valence electrons. The van der Waals surface area contributed by atoms with Gasteiger partial charge in [-0.25, -0.2) is 4.39 Å². The van der Waals surface area contributed by atoms with Crippen LogP contribution in [0.3, 0.4) is 0 Å². The van der Waals surface area contributed by atoms with Gasteiger partial charge in [-0.15, -0.1) is 0 Å². The van der Waals surface area contributed by atoms with E-state index in [2.05, 4.69) is 4.90 Å². The number of hydrogen-bond donors (Lipinski definition) is 0. The van der Waals surface area contributed by atoms with Gasteiger partial charge in [0, 0.05) is 38.6 Å². The Kier molecular flexibility index (Phi) is 5.09. The van der Waals surface area contributed by atoms with Crippen LogP contribution < -0.4 is 0 Å². The number of ether oxygens (including phenoxy) is 1. The predicted octanol–water partition coefficient (Wildman–Crippen LogP) is 2.26. The average molecular weight is 263 g/mol. The molecule has 0 atom stereocenters. The second kappa shape index (κ2) is 6.36. The van der Waals surface area contributed by atoms with Crippen molar-refractivity contribution in [3.63, 3.8) is 0 Å². The van der Waals surface area contributed by atoms with Crippen LogP contribution in [0.25, 0.3) is 0 Å². The number of rotatable bonds is 4. The van der Waals surface area contributed by atoms with Gasteiger partial charge in [-0.1, -0.05) is 0 Å². The largest absolute Gasteiger partial charge is 0.381 e. The van der Waals surface area contributed by atoms with Crippen LogP contribution in [0, 0.1) is 0 Å². The molecular formula is C12H22FNO2S. The summed E-state index contributed by atoms with van der Waals surface area (Å²) in [5.74, 6) is 0. The van der Waals surface area contributed by atoms with Crippen molar-refractivity contribution < 1.29 is 13.3 Å². The van der Waals surface area contributed by atoms with Crippen LogP contribution in [-0.2, 0) is 8.92 Å². The van der Waals surface area contributed by atoms with Crippen molar-refractivity contribution >= 4 is 12.0 Å². The zero-order valence-corrected chi connectivity index (χ0v) is 11.3. The molecule has 0 bridgehead atoms. The van der Waals surface area contributed by atoms with Crippen molar-refractivity contribution in [2.75, 3.05) is 39.2 Å². The predicted molar refractivity (Wildman–Crippen MR) is 68.0 cm³/mol. The van der Waals surface area contributed by atoms with Gasteiger partial charge in [0.2, 0.25) is 0 Å². The fourth-order valence-electron chi connectivity index (χ4n) is 2.65. The molecule has 0 aromatic carbocycles. The molecule has 2 aliphatic heterocycles. The number of hydrogen-bond acceptors (Lipinski definition) is 4. The summed E-state index contributed by atoms with van der Waals surface area (Å²) in [4.78, 5) is 2.43. The van der Waals surface area contributed by atoms with Crippen molar-refractivity contribution in [1.29, 1.82) is 0 Å². The van der Waals surface area contributed by atoms with E-state index in [-0.39, 0.29) is 6.61 Å². The third-order valence-electron chi connectivity index (χ3n) is 3.84. The molecule has 0 aromatic rings. The molecule has 2 saturated heterocycles. The molecule has 2 aliphatic rings. The van der Waals surface area contributed by atoms with Gasteiger partial charge in [-0.05, 0) is 37.7 Å². The number of likely N-dealkylation sites (tertiary alicyclic amines) is 1. The second-order valence-electron chi connectivity index (χ2n) is 4.96. The van der Waals surface area contributed by atoms with Crippen molar-refractivity contribution in [3.8, 4) is 0 Å². The van der Waals surface area contributed by atoms with E-state index in [0.717, 1.165) is 39.1 Å². The minimum Gasteiger partial charge on any atom is -0.381 e. The topological polar surface area (TPSA) is 21.7 Å². The van der Waals surface area contributed by atoms with Crippen LogP contribution in [0.4, 0.5) is 4.39 Å². The first kappa shape index (κ1) is 13.6. The third kappa shape index (κ3) is 3.81. The van der Waals surface area contributed by atoms with Crippen molar-refractivity contribution in [2.24, 2.45) is 0 Å². The molecule has 0 radical (unpaired) electrons. The summed E-state index contributed by atoms with van der Waals surface area (Å²) in [5.41, 5.74) is -1.11. The summed E-state index contributed by atoms with van der Waals surface area (Å²) in [5, 5.41) is 0. The number of halogens is 1. The van der Waals surface area contributed by atoms with E-state index in [0.29, 0.717) is 18.9 Å². The van der Waals surface area contributed by atoms with E-state index >= 15 is 0 Å². The highest BCUT2D eigenvalue weighted by Gasteiger charge is 2.37. The van der Waals surface area contributed by atoms with Crippen LogP contribution in [0.15, 0.2) is 0 Å². The quantitative estimate of drug-likeness (QED) is 0.725. The Labute approximate surface area is 107 Å². The van der Waals surface area contributed by atoms with Gasteiger partial charge in [0.05, 0.1) is 6.61 Å². The van der Waals surface area contributed by atoms with E-state index in [1.807, 2.05) is 6.26 Å². The fraction of sp³-hybridized carbons (Fsp3) is 1.00. The van der Waals surface area contributed by atoms with E-state index in [9.17, 15) is 4.39 Å². The second-order valence-corrected chi connectivity index (χ2v) is 5.53. The summed E-state index contributed by atoms with van der Waals surface area (Å²) >= 11 is 1.25. The molecule has 2 heterocycles. The molecule has 0 aliphatic carbocycles. The number of alkyl halides is 1. The molecule has 0 N–H and O–H groups in total. The molecule has 0 aromatic heterocycles. The van der Waals surface area contributed by atoms with Crippen molar-refractivity contribution in [3.05, 3.63) is 0 Å². The van der Waals surface area contributed by atoms with Gasteiger partial charge in [0.25, 0.3) is 0 Å². The lowest BCUT2D eigenvalue weighted by atomic mass is 9.92. The van der Waals surface area contributed by atoms with E-state index in [1.54, 1.807) is 0 Å². The van der Waals surface area contributed by atoms with Crippen LogP contribution in [-0.4, -0.2) is 55.8 Å². The Bertz CT molecular complexity index is 229. The fourth-order valence-corrected chi connectivity index (χ4v) is 2.98. The molecule has 0 spiro atoms. The standard InChI is InChI=1S/C12H22FNO2S/c1-17-16-10-12(13)4-6-14(7-5-12)11-2-8-15-9-3-11/h11H,2-10H2,1H3. The molecule has 0 saturated carbocycles. The molecule has 2 rings (SSSR count). The zero-order chi connectivity index (χ0) is 12.1. The Hall–Kier alpha value is 0.160. The lowest BCUT2D eigenvalue weighted by Crippen LogP contribution is -2.49. The van der Waals surface area contributed by atoms with E-state index in [4.69, 9.17) is 8.92 Å². The Balaban J connectivity index is 1.76. The Morgan fingerprint density at radius 2 is 2.00 bits per heavy atom. The highest BCUT2D eigenvalue weighted by Crippen LogP contribution is 2.30. The first-order chi connectivity index (χ1) is 8.23. The normalized spacial score (nSPS) is 27.2. The smallest absolute Gasteiger partial charge is 0.137 e. The minimum atomic E-state index is -1.11. The van der Waals surface area contributed by atoms with Gasteiger partial charge in [0.15, 0.2) is 0 Å². The van der Waals surface area contributed by atoms with Crippen LogP contribution in [0.2, 0.25) is 0 Å². The first-order valence-corrected chi connectivity index (χ1v) is 7.55.